The molecule has 5 heteroatoms. The molecule has 1 heterocycles. The highest BCUT2D eigenvalue weighted by Gasteiger charge is 2.04. The smallest absolute Gasteiger partial charge is 0.323 e. The average Bonchev–Trinajstić information content (AvgIpc) is 2.55. The normalized spacial score (nSPS) is 10.2. The first kappa shape index (κ1) is 13.9. The molecule has 2 aromatic carbocycles. The van der Waals surface area contributed by atoms with E-state index in [4.69, 9.17) is 4.74 Å². The Kier molecular flexibility index (Phi) is 3.87. The largest absolute Gasteiger partial charge is 0.497 e. The summed E-state index contributed by atoms with van der Waals surface area (Å²) in [5.74, 6) is 0.744. The summed E-state index contributed by atoms with van der Waals surface area (Å²) in [7, 11) is 1.60. The van der Waals surface area contributed by atoms with E-state index < -0.39 is 0 Å². The molecule has 1 aromatic heterocycles. The van der Waals surface area contributed by atoms with Crippen molar-refractivity contribution < 1.29 is 9.53 Å². The molecule has 0 aliphatic carbocycles. The predicted molar refractivity (Wildman–Crippen MR) is 87.4 cm³/mol. The Hall–Kier alpha value is -3.08. The molecule has 0 unspecified atom stereocenters. The number of hydrogen-bond donors (Lipinski definition) is 2. The fraction of sp³-hybridized carbons (Fsp3) is 0.0588. The molecule has 0 aliphatic heterocycles. The fourth-order valence-electron chi connectivity index (χ4n) is 2.12. The van der Waals surface area contributed by atoms with E-state index >= 15 is 0 Å². The lowest BCUT2D eigenvalue weighted by molar-refractivity contribution is 0.262. The number of carbonyl (C=O) groups excluding carboxylic acids is 1. The quantitative estimate of drug-likeness (QED) is 0.770. The van der Waals surface area contributed by atoms with Crippen LogP contribution in [0.25, 0.3) is 10.9 Å². The van der Waals surface area contributed by atoms with E-state index in [1.165, 1.54) is 0 Å². The third-order valence-corrected chi connectivity index (χ3v) is 3.21. The Bertz CT molecular complexity index is 800. The van der Waals surface area contributed by atoms with E-state index in [9.17, 15) is 4.79 Å². The molecule has 3 aromatic rings. The number of methoxy groups -OCH3 is 1. The number of benzene rings is 2. The van der Waals surface area contributed by atoms with Crippen LogP contribution in [0.15, 0.2) is 60.8 Å². The van der Waals surface area contributed by atoms with Gasteiger partial charge in [-0.05, 0) is 48.5 Å². The van der Waals surface area contributed by atoms with Crippen LogP contribution in [0.2, 0.25) is 0 Å². The van der Waals surface area contributed by atoms with Gasteiger partial charge in [-0.15, -0.1) is 0 Å². The molecule has 3 rings (SSSR count). The van der Waals surface area contributed by atoms with E-state index in [0.29, 0.717) is 11.4 Å². The first-order chi connectivity index (χ1) is 10.7. The third-order valence-electron chi connectivity index (χ3n) is 3.21. The molecule has 0 aliphatic rings. The number of fused-ring (bicyclic) bond motifs is 1. The van der Waals surface area contributed by atoms with Crippen LogP contribution in [0.3, 0.4) is 0 Å². The van der Waals surface area contributed by atoms with Gasteiger partial charge in [-0.25, -0.2) is 4.79 Å². The number of rotatable bonds is 3. The van der Waals surface area contributed by atoms with Gasteiger partial charge in [-0.2, -0.15) is 0 Å². The second-order valence-corrected chi connectivity index (χ2v) is 4.72. The van der Waals surface area contributed by atoms with Gasteiger partial charge in [0.15, 0.2) is 0 Å². The summed E-state index contributed by atoms with van der Waals surface area (Å²) in [4.78, 5) is 16.2. The lowest BCUT2D eigenvalue weighted by atomic mass is 10.2. The Morgan fingerprint density at radius 3 is 2.50 bits per heavy atom. The monoisotopic (exact) mass is 293 g/mol. The van der Waals surface area contributed by atoms with Crippen LogP contribution in [-0.2, 0) is 0 Å². The van der Waals surface area contributed by atoms with Crippen molar-refractivity contribution in [3.05, 3.63) is 60.8 Å². The lowest BCUT2D eigenvalue weighted by Crippen LogP contribution is -2.19. The van der Waals surface area contributed by atoms with Crippen LogP contribution in [0.4, 0.5) is 16.2 Å². The maximum absolute atomic E-state index is 12.0. The van der Waals surface area contributed by atoms with Crippen LogP contribution < -0.4 is 15.4 Å². The van der Waals surface area contributed by atoms with Gasteiger partial charge in [0.25, 0.3) is 0 Å². The minimum atomic E-state index is -0.298. The van der Waals surface area contributed by atoms with Crippen LogP contribution >= 0.6 is 0 Å². The van der Waals surface area contributed by atoms with Crippen molar-refractivity contribution in [2.24, 2.45) is 0 Å². The molecule has 0 bridgehead atoms. The molecular weight excluding hydrogens is 278 g/mol. The highest BCUT2D eigenvalue weighted by Crippen LogP contribution is 2.18. The van der Waals surface area contributed by atoms with Gasteiger partial charge in [0.1, 0.15) is 5.75 Å². The second-order valence-electron chi connectivity index (χ2n) is 4.72. The lowest BCUT2D eigenvalue weighted by Gasteiger charge is -2.09. The van der Waals surface area contributed by atoms with Gasteiger partial charge in [0.2, 0.25) is 0 Å². The summed E-state index contributed by atoms with van der Waals surface area (Å²) in [5.41, 5.74) is 2.30. The van der Waals surface area contributed by atoms with Crippen LogP contribution in [0, 0.1) is 0 Å². The number of carbonyl (C=O) groups is 1. The molecule has 0 radical (unpaired) electrons. The zero-order valence-electron chi connectivity index (χ0n) is 12.0. The Morgan fingerprint density at radius 1 is 1.00 bits per heavy atom. The minimum absolute atomic E-state index is 0.298. The fourth-order valence-corrected chi connectivity index (χ4v) is 2.12. The number of hydrogen-bond acceptors (Lipinski definition) is 3. The van der Waals surface area contributed by atoms with Crippen molar-refractivity contribution >= 4 is 28.3 Å². The molecule has 5 nitrogen and oxygen atoms in total. The summed E-state index contributed by atoms with van der Waals surface area (Å²) in [6.45, 7) is 0. The van der Waals surface area contributed by atoms with Gasteiger partial charge >= 0.3 is 6.03 Å². The van der Waals surface area contributed by atoms with Gasteiger partial charge < -0.3 is 15.4 Å². The summed E-state index contributed by atoms with van der Waals surface area (Å²) < 4.78 is 5.08. The van der Waals surface area contributed by atoms with Crippen molar-refractivity contribution in [3.63, 3.8) is 0 Å². The topological polar surface area (TPSA) is 63.2 Å². The molecule has 2 N–H and O–H groups in total. The molecule has 22 heavy (non-hydrogen) atoms. The Labute approximate surface area is 127 Å². The maximum Gasteiger partial charge on any atom is 0.323 e. The molecule has 0 spiro atoms. The van der Waals surface area contributed by atoms with Gasteiger partial charge in [0, 0.05) is 23.0 Å². The minimum Gasteiger partial charge on any atom is -0.497 e. The van der Waals surface area contributed by atoms with Gasteiger partial charge in [-0.1, -0.05) is 6.07 Å². The standard InChI is InChI=1S/C17H15N3O2/c1-22-15-7-4-13(5-8-15)19-17(21)20-14-6-9-16-12(11-14)3-2-10-18-16/h2-11H,1H3,(H2,19,20,21). The number of aromatic nitrogens is 1. The molecule has 2 amide bonds. The molecule has 110 valence electrons. The Balaban J connectivity index is 1.69. The summed E-state index contributed by atoms with van der Waals surface area (Å²) in [6.07, 6.45) is 1.74. The van der Waals surface area contributed by atoms with Crippen LogP contribution in [-0.4, -0.2) is 18.1 Å². The predicted octanol–water partition coefficient (Wildman–Crippen LogP) is 3.89. The number of urea groups is 1. The number of amides is 2. The third kappa shape index (κ3) is 3.15. The SMILES string of the molecule is COc1ccc(NC(=O)Nc2ccc3ncccc3c2)cc1. The van der Waals surface area contributed by atoms with E-state index in [1.807, 2.05) is 30.3 Å². The van der Waals surface area contributed by atoms with E-state index in [-0.39, 0.29) is 6.03 Å². The zero-order chi connectivity index (χ0) is 15.4. The van der Waals surface area contributed by atoms with E-state index in [0.717, 1.165) is 16.7 Å². The highest BCUT2D eigenvalue weighted by atomic mass is 16.5. The molecule has 0 saturated carbocycles. The van der Waals surface area contributed by atoms with Crippen LogP contribution in [0.1, 0.15) is 0 Å². The first-order valence-electron chi connectivity index (χ1n) is 6.81. The van der Waals surface area contributed by atoms with Crippen LogP contribution in [0.5, 0.6) is 5.75 Å². The molecule has 0 atom stereocenters. The van der Waals surface area contributed by atoms with Crippen molar-refractivity contribution in [2.75, 3.05) is 17.7 Å². The van der Waals surface area contributed by atoms with Crippen molar-refractivity contribution in [3.8, 4) is 5.75 Å². The van der Waals surface area contributed by atoms with Crippen molar-refractivity contribution in [1.82, 2.24) is 4.98 Å². The number of pyridine rings is 1. The van der Waals surface area contributed by atoms with Gasteiger partial charge in [0.05, 0.1) is 12.6 Å². The van der Waals surface area contributed by atoms with Crippen molar-refractivity contribution in [2.45, 2.75) is 0 Å². The zero-order valence-corrected chi connectivity index (χ0v) is 12.0. The summed E-state index contributed by atoms with van der Waals surface area (Å²) in [5, 5.41) is 6.55. The van der Waals surface area contributed by atoms with E-state index in [2.05, 4.69) is 15.6 Å². The first-order valence-corrected chi connectivity index (χ1v) is 6.81. The van der Waals surface area contributed by atoms with E-state index in [1.54, 1.807) is 37.6 Å². The molecular formula is C17H15N3O2. The number of anilines is 2. The number of ether oxygens (including phenoxy) is 1. The van der Waals surface area contributed by atoms with Crippen molar-refractivity contribution in [1.29, 1.82) is 0 Å². The number of nitrogens with one attached hydrogen (secondary N) is 2. The Morgan fingerprint density at radius 2 is 1.73 bits per heavy atom. The molecule has 0 saturated heterocycles. The molecule has 0 fully saturated rings. The summed E-state index contributed by atoms with van der Waals surface area (Å²) >= 11 is 0. The summed E-state index contributed by atoms with van der Waals surface area (Å²) in [6, 6.07) is 16.2. The average molecular weight is 293 g/mol. The second kappa shape index (κ2) is 6.13. The number of nitrogens with zero attached hydrogens (tertiary/aromatic N) is 1. The maximum atomic E-state index is 12.0. The highest BCUT2D eigenvalue weighted by molar-refractivity contribution is 6.00. The van der Waals surface area contributed by atoms with Gasteiger partial charge in [-0.3, -0.25) is 4.98 Å².